The lowest BCUT2D eigenvalue weighted by atomic mass is 10.3. The van der Waals surface area contributed by atoms with Crippen molar-refractivity contribution in [1.29, 1.82) is 5.26 Å². The number of pyridine rings is 1. The number of halogens is 1. The van der Waals surface area contributed by atoms with Gasteiger partial charge in [-0.25, -0.2) is 4.98 Å². The highest BCUT2D eigenvalue weighted by atomic mass is 35.5. The standard InChI is InChI=1S/C10H9ClN6/c11-9-5-8(6-12)7-14-10(9)13-1-3-17-4-2-15-16-17/h2,4-5,7H,1,3H2,(H,13,14). The molecule has 2 rings (SSSR count). The van der Waals surface area contributed by atoms with Crippen molar-refractivity contribution in [3.63, 3.8) is 0 Å². The molecule has 0 spiro atoms. The van der Waals surface area contributed by atoms with Gasteiger partial charge in [-0.2, -0.15) is 5.26 Å². The summed E-state index contributed by atoms with van der Waals surface area (Å²) in [4.78, 5) is 4.06. The maximum atomic E-state index is 8.67. The van der Waals surface area contributed by atoms with E-state index in [1.54, 1.807) is 23.1 Å². The molecule has 0 fully saturated rings. The third-order valence-electron chi connectivity index (χ3n) is 2.08. The summed E-state index contributed by atoms with van der Waals surface area (Å²) in [5, 5.41) is 19.7. The summed E-state index contributed by atoms with van der Waals surface area (Å²) in [7, 11) is 0. The van der Waals surface area contributed by atoms with Gasteiger partial charge in [0.15, 0.2) is 0 Å². The van der Waals surface area contributed by atoms with Gasteiger partial charge in [-0.1, -0.05) is 16.8 Å². The average Bonchev–Trinajstić information content (AvgIpc) is 2.84. The number of nitrogens with one attached hydrogen (secondary N) is 1. The molecule has 0 saturated heterocycles. The lowest BCUT2D eigenvalue weighted by Gasteiger charge is -2.06. The Morgan fingerprint density at radius 1 is 1.53 bits per heavy atom. The number of hydrogen-bond donors (Lipinski definition) is 1. The van der Waals surface area contributed by atoms with Crippen molar-refractivity contribution < 1.29 is 0 Å². The number of anilines is 1. The first-order valence-electron chi connectivity index (χ1n) is 4.93. The van der Waals surface area contributed by atoms with Gasteiger partial charge in [-0.05, 0) is 6.07 Å². The predicted molar refractivity (Wildman–Crippen MR) is 62.5 cm³/mol. The molecule has 17 heavy (non-hydrogen) atoms. The lowest BCUT2D eigenvalue weighted by molar-refractivity contribution is 0.608. The van der Waals surface area contributed by atoms with E-state index in [2.05, 4.69) is 20.6 Å². The Morgan fingerprint density at radius 3 is 3.06 bits per heavy atom. The normalized spacial score (nSPS) is 9.88. The molecule has 0 aromatic carbocycles. The predicted octanol–water partition coefficient (Wildman–Crippen LogP) is 1.31. The van der Waals surface area contributed by atoms with Gasteiger partial charge >= 0.3 is 0 Å². The van der Waals surface area contributed by atoms with Crippen LogP contribution in [0.25, 0.3) is 0 Å². The van der Waals surface area contributed by atoms with Crippen LogP contribution in [-0.4, -0.2) is 26.5 Å². The van der Waals surface area contributed by atoms with Crippen molar-refractivity contribution in [2.75, 3.05) is 11.9 Å². The van der Waals surface area contributed by atoms with E-state index in [0.717, 1.165) is 0 Å². The third kappa shape index (κ3) is 2.92. The van der Waals surface area contributed by atoms with Gasteiger partial charge in [0.1, 0.15) is 11.9 Å². The van der Waals surface area contributed by atoms with Crippen molar-refractivity contribution >= 4 is 17.4 Å². The number of aromatic nitrogens is 4. The van der Waals surface area contributed by atoms with Crippen molar-refractivity contribution in [2.24, 2.45) is 0 Å². The number of nitrogens with zero attached hydrogens (tertiary/aromatic N) is 5. The molecule has 86 valence electrons. The van der Waals surface area contributed by atoms with E-state index in [9.17, 15) is 0 Å². The summed E-state index contributed by atoms with van der Waals surface area (Å²) in [5.41, 5.74) is 0.442. The summed E-state index contributed by atoms with van der Waals surface area (Å²) >= 11 is 5.96. The molecule has 1 N–H and O–H groups in total. The molecule has 0 radical (unpaired) electrons. The molecule has 0 aliphatic heterocycles. The molecule has 0 atom stereocenters. The molecule has 0 bridgehead atoms. The fourth-order valence-corrected chi connectivity index (χ4v) is 1.50. The Hall–Kier alpha value is -2.13. The summed E-state index contributed by atoms with van der Waals surface area (Å²) in [6, 6.07) is 3.55. The Morgan fingerprint density at radius 2 is 2.41 bits per heavy atom. The fraction of sp³-hybridized carbons (Fsp3) is 0.200. The summed E-state index contributed by atoms with van der Waals surface area (Å²) in [5.74, 6) is 0.561. The van der Waals surface area contributed by atoms with Crippen molar-refractivity contribution in [1.82, 2.24) is 20.0 Å². The van der Waals surface area contributed by atoms with Crippen LogP contribution < -0.4 is 5.32 Å². The minimum absolute atomic E-state index is 0.433. The van der Waals surface area contributed by atoms with Gasteiger partial charge in [0.25, 0.3) is 0 Å². The first-order chi connectivity index (χ1) is 8.29. The molecule has 6 nitrogen and oxygen atoms in total. The second kappa shape index (κ2) is 5.27. The van der Waals surface area contributed by atoms with Crippen LogP contribution in [0.5, 0.6) is 0 Å². The SMILES string of the molecule is N#Cc1cnc(NCCn2ccnn2)c(Cl)c1. The number of nitriles is 1. The molecule has 0 aliphatic carbocycles. The van der Waals surface area contributed by atoms with Crippen LogP contribution in [-0.2, 0) is 6.54 Å². The first-order valence-corrected chi connectivity index (χ1v) is 5.31. The van der Waals surface area contributed by atoms with E-state index < -0.39 is 0 Å². The van der Waals surface area contributed by atoms with Crippen LogP contribution in [0.1, 0.15) is 5.56 Å². The summed E-state index contributed by atoms with van der Waals surface area (Å²) < 4.78 is 1.70. The van der Waals surface area contributed by atoms with E-state index in [4.69, 9.17) is 16.9 Å². The van der Waals surface area contributed by atoms with Crippen molar-refractivity contribution in [2.45, 2.75) is 6.54 Å². The minimum atomic E-state index is 0.433. The van der Waals surface area contributed by atoms with Crippen LogP contribution in [0.15, 0.2) is 24.7 Å². The van der Waals surface area contributed by atoms with Crippen LogP contribution in [0, 0.1) is 11.3 Å². The Labute approximate surface area is 103 Å². The van der Waals surface area contributed by atoms with Crippen molar-refractivity contribution in [3.8, 4) is 6.07 Å². The van der Waals surface area contributed by atoms with E-state index in [1.165, 1.54) is 6.20 Å². The second-order valence-electron chi connectivity index (χ2n) is 3.26. The van der Waals surface area contributed by atoms with Gasteiger partial charge in [-0.3, -0.25) is 4.68 Å². The minimum Gasteiger partial charge on any atom is -0.367 e. The molecule has 2 heterocycles. The van der Waals surface area contributed by atoms with Crippen LogP contribution in [0.3, 0.4) is 0 Å². The number of hydrogen-bond acceptors (Lipinski definition) is 5. The molecular weight excluding hydrogens is 240 g/mol. The van der Waals surface area contributed by atoms with Crippen LogP contribution >= 0.6 is 11.6 Å². The van der Waals surface area contributed by atoms with E-state index >= 15 is 0 Å². The summed E-state index contributed by atoms with van der Waals surface area (Å²) in [6.45, 7) is 1.29. The third-order valence-corrected chi connectivity index (χ3v) is 2.36. The molecular formula is C10H9ClN6. The smallest absolute Gasteiger partial charge is 0.144 e. The second-order valence-corrected chi connectivity index (χ2v) is 3.67. The van der Waals surface area contributed by atoms with Gasteiger partial charge in [0.2, 0.25) is 0 Å². The molecule has 0 saturated carbocycles. The molecule has 0 aliphatic rings. The fourth-order valence-electron chi connectivity index (χ4n) is 1.27. The highest BCUT2D eigenvalue weighted by Crippen LogP contribution is 2.19. The Balaban J connectivity index is 1.93. The van der Waals surface area contributed by atoms with Gasteiger partial charge < -0.3 is 5.32 Å². The molecule has 7 heteroatoms. The molecule has 2 aromatic heterocycles. The van der Waals surface area contributed by atoms with E-state index in [0.29, 0.717) is 29.5 Å². The first kappa shape index (κ1) is 11.4. The van der Waals surface area contributed by atoms with Gasteiger partial charge in [-0.15, -0.1) is 5.10 Å². The maximum absolute atomic E-state index is 8.67. The Kier molecular flexibility index (Phi) is 3.52. The highest BCUT2D eigenvalue weighted by Gasteiger charge is 2.02. The molecule has 0 unspecified atom stereocenters. The maximum Gasteiger partial charge on any atom is 0.144 e. The quantitative estimate of drug-likeness (QED) is 0.883. The van der Waals surface area contributed by atoms with Crippen molar-refractivity contribution in [3.05, 3.63) is 35.2 Å². The lowest BCUT2D eigenvalue weighted by Crippen LogP contribution is -2.12. The topological polar surface area (TPSA) is 79.4 Å². The Bertz CT molecular complexity index is 530. The van der Waals surface area contributed by atoms with Crippen LogP contribution in [0.4, 0.5) is 5.82 Å². The van der Waals surface area contributed by atoms with E-state index in [1.807, 2.05) is 6.07 Å². The average molecular weight is 249 g/mol. The van der Waals surface area contributed by atoms with Gasteiger partial charge in [0.05, 0.1) is 23.3 Å². The summed E-state index contributed by atoms with van der Waals surface area (Å²) in [6.07, 6.45) is 4.87. The molecule has 0 amide bonds. The monoisotopic (exact) mass is 248 g/mol. The zero-order valence-corrected chi connectivity index (χ0v) is 9.59. The van der Waals surface area contributed by atoms with E-state index in [-0.39, 0.29) is 0 Å². The zero-order chi connectivity index (χ0) is 12.1. The number of rotatable bonds is 4. The molecule has 2 aromatic rings. The van der Waals surface area contributed by atoms with Gasteiger partial charge in [0, 0.05) is 18.9 Å². The zero-order valence-electron chi connectivity index (χ0n) is 8.84. The largest absolute Gasteiger partial charge is 0.367 e. The van der Waals surface area contributed by atoms with Crippen LogP contribution in [0.2, 0.25) is 5.02 Å². The highest BCUT2D eigenvalue weighted by molar-refractivity contribution is 6.33.